The van der Waals surface area contributed by atoms with Crippen LogP contribution in [-0.2, 0) is 7.05 Å². The number of carbonyl (C=O) groups excluding carboxylic acids is 1. The minimum atomic E-state index is -0.248. The van der Waals surface area contributed by atoms with Crippen molar-refractivity contribution in [2.75, 3.05) is 12.4 Å². The van der Waals surface area contributed by atoms with Gasteiger partial charge in [0.2, 0.25) is 5.88 Å². The second-order valence-electron chi connectivity index (χ2n) is 6.60. The maximum Gasteiger partial charge on any atom is 0.320 e. The van der Waals surface area contributed by atoms with E-state index in [1.807, 2.05) is 42.1 Å². The molecule has 1 atom stereocenters. The Morgan fingerprint density at radius 1 is 1.37 bits per heavy atom. The summed E-state index contributed by atoms with van der Waals surface area (Å²) in [5.41, 5.74) is 2.87. The van der Waals surface area contributed by atoms with Crippen LogP contribution in [0.15, 0.2) is 41.2 Å². The maximum atomic E-state index is 12.6. The third-order valence-electron chi connectivity index (χ3n) is 4.65. The van der Waals surface area contributed by atoms with E-state index in [-0.39, 0.29) is 12.1 Å². The summed E-state index contributed by atoms with van der Waals surface area (Å²) in [7, 11) is 3.40. The molecule has 0 aromatic carbocycles. The molecule has 2 N–H and O–H groups in total. The summed E-state index contributed by atoms with van der Waals surface area (Å²) in [6.45, 7) is 0. The topological polar surface area (TPSA) is 81.1 Å². The molecule has 0 bridgehead atoms. The van der Waals surface area contributed by atoms with Crippen LogP contribution >= 0.6 is 11.3 Å². The number of pyridine rings is 1. The molecule has 0 spiro atoms. The minimum absolute atomic E-state index is 0.0621. The number of nitrogens with one attached hydrogen (secondary N) is 2. The Balaban J connectivity index is 1.46. The van der Waals surface area contributed by atoms with Crippen LogP contribution in [0.1, 0.15) is 24.4 Å². The number of hydrogen-bond acceptors (Lipinski definition) is 5. The van der Waals surface area contributed by atoms with Crippen molar-refractivity contribution < 1.29 is 9.53 Å². The standard InChI is InChI=1S/C19H21N5O2S/c1-24-16(9-15(23-24)14-7-8-27-11-14)21-19(25)22-18(12-3-4-12)13-5-6-17(26-2)20-10-13/h5-12,18H,3-4H2,1-2H3,(H2,21,22,25). The van der Waals surface area contributed by atoms with Crippen molar-refractivity contribution in [1.82, 2.24) is 20.1 Å². The average molecular weight is 383 g/mol. The van der Waals surface area contributed by atoms with Gasteiger partial charge in [0.25, 0.3) is 0 Å². The Bertz CT molecular complexity index is 916. The summed E-state index contributed by atoms with van der Waals surface area (Å²) in [5.74, 6) is 1.66. The fraction of sp³-hybridized carbons (Fsp3) is 0.316. The van der Waals surface area contributed by atoms with Gasteiger partial charge in [0.05, 0.1) is 18.8 Å². The molecule has 1 aliphatic rings. The molecule has 4 rings (SSSR count). The summed E-state index contributed by atoms with van der Waals surface area (Å²) in [6, 6.07) is 7.35. The molecule has 140 valence electrons. The Kier molecular flexibility index (Phi) is 4.81. The zero-order valence-corrected chi connectivity index (χ0v) is 16.0. The van der Waals surface area contributed by atoms with E-state index < -0.39 is 0 Å². The minimum Gasteiger partial charge on any atom is -0.481 e. The molecule has 0 saturated heterocycles. The van der Waals surface area contributed by atoms with Gasteiger partial charge in [-0.25, -0.2) is 9.78 Å². The first kappa shape index (κ1) is 17.5. The lowest BCUT2D eigenvalue weighted by Gasteiger charge is -2.19. The molecule has 3 heterocycles. The lowest BCUT2D eigenvalue weighted by atomic mass is 10.0. The number of anilines is 1. The second kappa shape index (κ2) is 7.40. The first-order valence-corrected chi connectivity index (χ1v) is 9.72. The molecule has 1 fully saturated rings. The number of thiophene rings is 1. The van der Waals surface area contributed by atoms with Crippen molar-refractivity contribution in [3.05, 3.63) is 46.8 Å². The Morgan fingerprint density at radius 2 is 2.22 bits per heavy atom. The molecule has 27 heavy (non-hydrogen) atoms. The largest absolute Gasteiger partial charge is 0.481 e. The van der Waals surface area contributed by atoms with E-state index in [0.717, 1.165) is 29.7 Å². The third-order valence-corrected chi connectivity index (χ3v) is 5.33. The fourth-order valence-electron chi connectivity index (χ4n) is 3.03. The molecule has 1 saturated carbocycles. The zero-order valence-electron chi connectivity index (χ0n) is 15.2. The highest BCUT2D eigenvalue weighted by molar-refractivity contribution is 7.08. The van der Waals surface area contributed by atoms with Crippen molar-refractivity contribution in [3.8, 4) is 17.1 Å². The van der Waals surface area contributed by atoms with Crippen molar-refractivity contribution in [1.29, 1.82) is 0 Å². The van der Waals surface area contributed by atoms with Crippen molar-refractivity contribution in [2.45, 2.75) is 18.9 Å². The van der Waals surface area contributed by atoms with Crippen LogP contribution in [0.4, 0.5) is 10.6 Å². The maximum absolute atomic E-state index is 12.6. The fourth-order valence-corrected chi connectivity index (χ4v) is 3.68. The summed E-state index contributed by atoms with van der Waals surface area (Å²) in [4.78, 5) is 16.9. The molecular weight excluding hydrogens is 362 g/mol. The predicted molar refractivity (Wildman–Crippen MR) is 105 cm³/mol. The van der Waals surface area contributed by atoms with Gasteiger partial charge in [-0.15, -0.1) is 0 Å². The van der Waals surface area contributed by atoms with Gasteiger partial charge in [-0.2, -0.15) is 16.4 Å². The zero-order chi connectivity index (χ0) is 18.8. The monoisotopic (exact) mass is 383 g/mol. The Labute approximate surface area is 161 Å². The molecule has 0 aliphatic heterocycles. The van der Waals surface area contributed by atoms with Gasteiger partial charge in [0.1, 0.15) is 5.82 Å². The lowest BCUT2D eigenvalue weighted by Crippen LogP contribution is -2.34. The molecule has 3 aromatic heterocycles. The van der Waals surface area contributed by atoms with Crippen LogP contribution < -0.4 is 15.4 Å². The number of carbonyl (C=O) groups is 1. The molecule has 3 aromatic rings. The van der Waals surface area contributed by atoms with Crippen molar-refractivity contribution >= 4 is 23.2 Å². The lowest BCUT2D eigenvalue weighted by molar-refractivity contribution is 0.247. The first-order valence-electron chi connectivity index (χ1n) is 8.78. The van der Waals surface area contributed by atoms with E-state index in [4.69, 9.17) is 4.74 Å². The number of urea groups is 1. The predicted octanol–water partition coefficient (Wildman–Crippen LogP) is 3.83. The van der Waals surface area contributed by atoms with Crippen LogP contribution in [0.25, 0.3) is 11.3 Å². The van der Waals surface area contributed by atoms with E-state index in [1.165, 1.54) is 0 Å². The number of rotatable bonds is 6. The Hall–Kier alpha value is -2.87. The summed E-state index contributed by atoms with van der Waals surface area (Å²) >= 11 is 1.62. The number of aromatic nitrogens is 3. The SMILES string of the molecule is COc1ccc(C(NC(=O)Nc2cc(-c3ccsc3)nn2C)C2CC2)cn1. The van der Waals surface area contributed by atoms with Crippen LogP contribution in [0.5, 0.6) is 5.88 Å². The summed E-state index contributed by atoms with van der Waals surface area (Å²) in [6.07, 6.45) is 3.97. The van der Waals surface area contributed by atoms with Gasteiger partial charge in [0.15, 0.2) is 0 Å². The molecule has 2 amide bonds. The molecule has 7 nitrogen and oxygen atoms in total. The van der Waals surface area contributed by atoms with Crippen LogP contribution in [0.3, 0.4) is 0 Å². The van der Waals surface area contributed by atoms with Gasteiger partial charge >= 0.3 is 6.03 Å². The van der Waals surface area contributed by atoms with E-state index >= 15 is 0 Å². The van der Waals surface area contributed by atoms with Gasteiger partial charge < -0.3 is 10.1 Å². The van der Waals surface area contributed by atoms with Crippen LogP contribution in [0, 0.1) is 5.92 Å². The number of nitrogens with zero attached hydrogens (tertiary/aromatic N) is 3. The van der Waals surface area contributed by atoms with Crippen LogP contribution in [-0.4, -0.2) is 27.9 Å². The van der Waals surface area contributed by atoms with Gasteiger partial charge in [0, 0.05) is 36.3 Å². The number of methoxy groups -OCH3 is 1. The Morgan fingerprint density at radius 3 is 2.85 bits per heavy atom. The average Bonchev–Trinajstić information content (AvgIpc) is 3.24. The highest BCUT2D eigenvalue weighted by Crippen LogP contribution is 2.41. The summed E-state index contributed by atoms with van der Waals surface area (Å²) < 4.78 is 6.79. The highest BCUT2D eigenvalue weighted by atomic mass is 32.1. The normalized spacial score (nSPS) is 14.6. The number of hydrogen-bond donors (Lipinski definition) is 2. The second-order valence-corrected chi connectivity index (χ2v) is 7.38. The molecule has 8 heteroatoms. The number of ether oxygens (including phenoxy) is 1. The van der Waals surface area contributed by atoms with Gasteiger partial charge in [-0.05, 0) is 35.8 Å². The molecular formula is C19H21N5O2S. The van der Waals surface area contributed by atoms with Crippen molar-refractivity contribution in [3.63, 3.8) is 0 Å². The van der Waals surface area contributed by atoms with E-state index in [2.05, 4.69) is 20.7 Å². The van der Waals surface area contributed by atoms with E-state index in [9.17, 15) is 4.79 Å². The molecule has 1 aliphatic carbocycles. The van der Waals surface area contributed by atoms with Crippen LogP contribution in [0.2, 0.25) is 0 Å². The van der Waals surface area contributed by atoms with E-state index in [0.29, 0.717) is 17.6 Å². The number of amides is 2. The quantitative estimate of drug-likeness (QED) is 0.678. The molecule has 0 radical (unpaired) electrons. The van der Waals surface area contributed by atoms with Gasteiger partial charge in [-0.3, -0.25) is 10.00 Å². The third kappa shape index (κ3) is 3.95. The smallest absolute Gasteiger partial charge is 0.320 e. The van der Waals surface area contributed by atoms with Gasteiger partial charge in [-0.1, -0.05) is 6.07 Å². The first-order chi connectivity index (χ1) is 13.1. The number of aryl methyl sites for hydroxylation is 1. The molecule has 1 unspecified atom stereocenters. The summed E-state index contributed by atoms with van der Waals surface area (Å²) in [5, 5.41) is 14.5. The van der Waals surface area contributed by atoms with Crippen molar-refractivity contribution in [2.24, 2.45) is 13.0 Å². The van der Waals surface area contributed by atoms with E-state index in [1.54, 1.807) is 29.3 Å². The highest BCUT2D eigenvalue weighted by Gasteiger charge is 2.33.